The van der Waals surface area contributed by atoms with Crippen LogP contribution >= 0.6 is 0 Å². The highest BCUT2D eigenvalue weighted by atomic mass is 16.3. The molecule has 2 unspecified atom stereocenters. The zero-order valence-electron chi connectivity index (χ0n) is 19.7. The lowest BCUT2D eigenvalue weighted by Crippen LogP contribution is -2.33. The molecule has 180 valence electrons. The molecule has 2 aliphatic carbocycles. The van der Waals surface area contributed by atoms with Crippen molar-refractivity contribution in [3.63, 3.8) is 0 Å². The van der Waals surface area contributed by atoms with Crippen LogP contribution in [0, 0.1) is 11.8 Å². The number of aromatic hydroxyl groups is 4. The van der Waals surface area contributed by atoms with Gasteiger partial charge in [0.15, 0.2) is 0 Å². The predicted octanol–water partition coefficient (Wildman–Crippen LogP) is 6.99. The molecule has 2 bridgehead atoms. The fourth-order valence-electron chi connectivity index (χ4n) is 5.58. The molecule has 0 heterocycles. The van der Waals surface area contributed by atoms with Gasteiger partial charge in [-0.05, 0) is 90.8 Å². The van der Waals surface area contributed by atoms with E-state index in [0.717, 1.165) is 5.92 Å². The van der Waals surface area contributed by atoms with E-state index in [1.807, 2.05) is 12.1 Å². The maximum absolute atomic E-state index is 9.59. The van der Waals surface area contributed by atoms with Crippen molar-refractivity contribution >= 4 is 0 Å². The SMILES string of the molecule is Oc1ccc(C2(c3ccc(O)cc3)CC3CCC2C3)cc1.Oc1ccccc1.Oc1ccccc1. The molecule has 4 N–H and O–H groups in total. The highest BCUT2D eigenvalue weighted by Gasteiger charge is 2.52. The normalized spacial score (nSPS) is 19.1. The minimum atomic E-state index is 0.0598. The lowest BCUT2D eigenvalue weighted by Gasteiger charge is -2.39. The summed E-state index contributed by atoms with van der Waals surface area (Å²) in [5.41, 5.74) is 2.67. The number of hydrogen-bond acceptors (Lipinski definition) is 4. The third-order valence-corrected chi connectivity index (χ3v) is 7.13. The Morgan fingerprint density at radius 1 is 0.486 bits per heavy atom. The van der Waals surface area contributed by atoms with Gasteiger partial charge in [0.1, 0.15) is 23.0 Å². The molecule has 4 aromatic rings. The molecule has 0 aliphatic heterocycles. The van der Waals surface area contributed by atoms with Gasteiger partial charge in [0.2, 0.25) is 0 Å². The topological polar surface area (TPSA) is 80.9 Å². The molecule has 2 fully saturated rings. The maximum atomic E-state index is 9.59. The van der Waals surface area contributed by atoms with E-state index in [0.29, 0.717) is 28.9 Å². The third-order valence-electron chi connectivity index (χ3n) is 7.13. The van der Waals surface area contributed by atoms with Crippen molar-refractivity contribution in [1.82, 2.24) is 0 Å². The first kappa shape index (κ1) is 24.2. The molecule has 4 nitrogen and oxygen atoms in total. The average molecular weight is 469 g/mol. The minimum absolute atomic E-state index is 0.0598. The Morgan fingerprint density at radius 2 is 0.886 bits per heavy atom. The fraction of sp³-hybridized carbons (Fsp3) is 0.226. The van der Waals surface area contributed by atoms with E-state index in [1.165, 1.54) is 36.8 Å². The van der Waals surface area contributed by atoms with Crippen LogP contribution < -0.4 is 0 Å². The molecular weight excluding hydrogens is 436 g/mol. The number of phenolic OH excluding ortho intramolecular Hbond substituents is 4. The Hall–Kier alpha value is -3.92. The fourth-order valence-corrected chi connectivity index (χ4v) is 5.58. The molecule has 2 aliphatic rings. The van der Waals surface area contributed by atoms with Crippen LogP contribution in [0.25, 0.3) is 0 Å². The predicted molar refractivity (Wildman–Crippen MR) is 139 cm³/mol. The second kappa shape index (κ2) is 11.0. The van der Waals surface area contributed by atoms with Crippen molar-refractivity contribution in [3.8, 4) is 23.0 Å². The summed E-state index contributed by atoms with van der Waals surface area (Å²) in [4.78, 5) is 0. The number of para-hydroxylation sites is 2. The Bertz CT molecular complexity index is 1090. The Labute approximate surface area is 206 Å². The number of rotatable bonds is 2. The van der Waals surface area contributed by atoms with Gasteiger partial charge < -0.3 is 20.4 Å². The Kier molecular flexibility index (Phi) is 7.61. The van der Waals surface area contributed by atoms with Gasteiger partial charge in [0.25, 0.3) is 0 Å². The second-order valence-electron chi connectivity index (χ2n) is 9.32. The summed E-state index contributed by atoms with van der Waals surface area (Å²) in [7, 11) is 0. The van der Waals surface area contributed by atoms with Gasteiger partial charge in [-0.3, -0.25) is 0 Å². The van der Waals surface area contributed by atoms with Crippen LogP contribution in [-0.4, -0.2) is 20.4 Å². The van der Waals surface area contributed by atoms with Gasteiger partial charge >= 0.3 is 0 Å². The van der Waals surface area contributed by atoms with E-state index in [4.69, 9.17) is 10.2 Å². The average Bonchev–Trinajstić information content (AvgIpc) is 3.49. The molecule has 0 saturated heterocycles. The van der Waals surface area contributed by atoms with Crippen molar-refractivity contribution in [2.75, 3.05) is 0 Å². The van der Waals surface area contributed by atoms with Crippen LogP contribution in [0.1, 0.15) is 36.8 Å². The number of fused-ring (bicyclic) bond motifs is 2. The van der Waals surface area contributed by atoms with Crippen LogP contribution in [0.4, 0.5) is 0 Å². The summed E-state index contributed by atoms with van der Waals surface area (Å²) in [6.45, 7) is 0. The van der Waals surface area contributed by atoms with Crippen LogP contribution in [-0.2, 0) is 5.41 Å². The molecule has 4 heteroatoms. The first-order valence-corrected chi connectivity index (χ1v) is 12.0. The largest absolute Gasteiger partial charge is 0.508 e. The molecule has 0 aromatic heterocycles. The van der Waals surface area contributed by atoms with E-state index in [9.17, 15) is 10.2 Å². The van der Waals surface area contributed by atoms with Crippen LogP contribution in [0.15, 0.2) is 109 Å². The van der Waals surface area contributed by atoms with Crippen LogP contribution in [0.2, 0.25) is 0 Å². The highest BCUT2D eigenvalue weighted by Crippen LogP contribution is 2.60. The van der Waals surface area contributed by atoms with Crippen molar-refractivity contribution in [3.05, 3.63) is 120 Å². The Balaban J connectivity index is 0.000000168. The number of phenols is 4. The third kappa shape index (κ3) is 5.78. The van der Waals surface area contributed by atoms with Gasteiger partial charge in [0, 0.05) is 5.41 Å². The van der Waals surface area contributed by atoms with Crippen molar-refractivity contribution < 1.29 is 20.4 Å². The zero-order chi connectivity index (χ0) is 24.7. The molecule has 4 aromatic carbocycles. The number of benzene rings is 4. The summed E-state index contributed by atoms with van der Waals surface area (Å²) in [6.07, 6.45) is 5.13. The molecule has 0 radical (unpaired) electrons. The van der Waals surface area contributed by atoms with E-state index >= 15 is 0 Å². The molecular formula is C31H32O4. The van der Waals surface area contributed by atoms with E-state index < -0.39 is 0 Å². The highest BCUT2D eigenvalue weighted by molar-refractivity contribution is 5.45. The Morgan fingerprint density at radius 3 is 1.17 bits per heavy atom. The van der Waals surface area contributed by atoms with Gasteiger partial charge in [-0.2, -0.15) is 0 Å². The van der Waals surface area contributed by atoms with Gasteiger partial charge in [-0.25, -0.2) is 0 Å². The summed E-state index contributed by atoms with van der Waals surface area (Å²) in [6, 6.07) is 32.9. The standard InChI is InChI=1S/C19H20O2.2C6H6O/c20-17-7-3-14(4-8-17)19(12-13-1-2-16(19)11-13)15-5-9-18(21)10-6-15;2*7-6-4-2-1-3-5-6/h3-10,13,16,20-21H,1-2,11-12H2;2*1-5,7H. The lowest BCUT2D eigenvalue weighted by molar-refractivity contribution is 0.319. The zero-order valence-corrected chi connectivity index (χ0v) is 19.7. The first-order valence-electron chi connectivity index (χ1n) is 12.0. The van der Waals surface area contributed by atoms with Gasteiger partial charge in [-0.15, -0.1) is 0 Å². The first-order chi connectivity index (χ1) is 17.0. The summed E-state index contributed by atoms with van der Waals surface area (Å²) >= 11 is 0. The van der Waals surface area contributed by atoms with Crippen LogP contribution in [0.5, 0.6) is 23.0 Å². The molecule has 2 atom stereocenters. The van der Waals surface area contributed by atoms with Crippen molar-refractivity contribution in [2.45, 2.75) is 31.1 Å². The molecule has 0 amide bonds. The monoisotopic (exact) mass is 468 g/mol. The lowest BCUT2D eigenvalue weighted by atomic mass is 9.64. The van der Waals surface area contributed by atoms with E-state index in [-0.39, 0.29) is 5.41 Å². The van der Waals surface area contributed by atoms with Gasteiger partial charge in [0.05, 0.1) is 0 Å². The van der Waals surface area contributed by atoms with Crippen molar-refractivity contribution in [1.29, 1.82) is 0 Å². The molecule has 2 saturated carbocycles. The molecule has 6 rings (SSSR count). The van der Waals surface area contributed by atoms with E-state index in [1.54, 1.807) is 72.8 Å². The molecule has 35 heavy (non-hydrogen) atoms. The maximum Gasteiger partial charge on any atom is 0.115 e. The van der Waals surface area contributed by atoms with Crippen molar-refractivity contribution in [2.24, 2.45) is 11.8 Å². The summed E-state index contributed by atoms with van der Waals surface area (Å²) in [5, 5.41) is 36.4. The minimum Gasteiger partial charge on any atom is -0.508 e. The van der Waals surface area contributed by atoms with E-state index in [2.05, 4.69) is 24.3 Å². The summed E-state index contributed by atoms with van der Waals surface area (Å²) < 4.78 is 0. The second-order valence-corrected chi connectivity index (χ2v) is 9.32. The van der Waals surface area contributed by atoms with Gasteiger partial charge in [-0.1, -0.05) is 67.1 Å². The summed E-state index contributed by atoms with van der Waals surface area (Å²) in [5.74, 6) is 2.78. The quantitative estimate of drug-likeness (QED) is 0.256. The molecule has 0 spiro atoms. The number of hydrogen-bond donors (Lipinski definition) is 4. The van der Waals surface area contributed by atoms with Crippen LogP contribution in [0.3, 0.4) is 0 Å². The smallest absolute Gasteiger partial charge is 0.115 e.